The fourth-order valence-electron chi connectivity index (χ4n) is 3.17. The molecule has 1 aromatic rings. The first-order valence-corrected chi connectivity index (χ1v) is 8.75. The summed E-state index contributed by atoms with van der Waals surface area (Å²) in [6.07, 6.45) is 2.74. The Morgan fingerprint density at radius 1 is 1.38 bits per heavy atom. The number of amidine groups is 1. The number of rotatable bonds is 3. The molecule has 114 valence electrons. The Balaban J connectivity index is 1.94. The van der Waals surface area contributed by atoms with Gasteiger partial charge in [0.2, 0.25) is 10.0 Å². The molecular formula is C14H19N3O3S. The van der Waals surface area contributed by atoms with Crippen LogP contribution in [0.5, 0.6) is 0 Å². The molecule has 1 unspecified atom stereocenters. The smallest absolute Gasteiger partial charge is 0.282 e. The molecule has 1 atom stereocenters. The van der Waals surface area contributed by atoms with E-state index in [1.54, 1.807) is 0 Å². The van der Waals surface area contributed by atoms with Crippen LogP contribution in [0.15, 0.2) is 23.2 Å². The van der Waals surface area contributed by atoms with E-state index in [0.717, 1.165) is 18.4 Å². The molecule has 21 heavy (non-hydrogen) atoms. The third kappa shape index (κ3) is 2.46. The van der Waals surface area contributed by atoms with Gasteiger partial charge in [0, 0.05) is 19.4 Å². The molecule has 1 heterocycles. The summed E-state index contributed by atoms with van der Waals surface area (Å²) in [5, 5.41) is 0. The zero-order chi connectivity index (χ0) is 15.3. The lowest BCUT2D eigenvalue weighted by Crippen LogP contribution is -2.29. The van der Waals surface area contributed by atoms with Gasteiger partial charge in [-0.25, -0.2) is 13.4 Å². The molecule has 7 heteroatoms. The molecule has 1 spiro atoms. The minimum absolute atomic E-state index is 0.245. The molecule has 0 saturated heterocycles. The van der Waals surface area contributed by atoms with Gasteiger partial charge >= 0.3 is 0 Å². The second-order valence-electron chi connectivity index (χ2n) is 5.70. The number of nitrogens with zero attached hydrogens (tertiary/aromatic N) is 2. The summed E-state index contributed by atoms with van der Waals surface area (Å²) in [6.45, 7) is 2.73. The number of hydrogen-bond donors (Lipinski definition) is 1. The van der Waals surface area contributed by atoms with E-state index in [1.807, 2.05) is 25.1 Å². The van der Waals surface area contributed by atoms with Crippen molar-refractivity contribution in [2.45, 2.75) is 25.3 Å². The molecule has 0 fully saturated rings. The van der Waals surface area contributed by atoms with E-state index in [0.29, 0.717) is 18.8 Å². The Morgan fingerprint density at radius 3 is 2.67 bits per heavy atom. The number of anilines is 1. The van der Waals surface area contributed by atoms with Gasteiger partial charge in [-0.05, 0) is 30.2 Å². The fourth-order valence-corrected chi connectivity index (χ4v) is 4.14. The van der Waals surface area contributed by atoms with Crippen molar-refractivity contribution in [2.75, 3.05) is 23.7 Å². The molecule has 0 aromatic heterocycles. The molecule has 1 aliphatic carbocycles. The summed E-state index contributed by atoms with van der Waals surface area (Å²) < 4.78 is 30.3. The van der Waals surface area contributed by atoms with Gasteiger partial charge in [-0.3, -0.25) is 4.31 Å². The van der Waals surface area contributed by atoms with Crippen molar-refractivity contribution in [3.8, 4) is 0 Å². The van der Waals surface area contributed by atoms with Crippen LogP contribution in [-0.2, 0) is 27.6 Å². The maximum Gasteiger partial charge on any atom is 0.282 e. The number of ether oxygens (including phenoxy) is 1. The molecule has 1 aromatic carbocycles. The van der Waals surface area contributed by atoms with E-state index in [9.17, 15) is 8.42 Å². The largest absolute Gasteiger partial charge is 0.463 e. The molecule has 0 bridgehead atoms. The number of benzene rings is 1. The summed E-state index contributed by atoms with van der Waals surface area (Å²) in [5.41, 5.74) is 8.33. The highest BCUT2D eigenvalue weighted by Crippen LogP contribution is 2.37. The van der Waals surface area contributed by atoms with Crippen LogP contribution in [0, 0.1) is 0 Å². The average molecular weight is 309 g/mol. The van der Waals surface area contributed by atoms with Gasteiger partial charge in [0.15, 0.2) is 0 Å². The van der Waals surface area contributed by atoms with Crippen LogP contribution in [0.25, 0.3) is 0 Å². The summed E-state index contributed by atoms with van der Waals surface area (Å²) in [6, 6.07) is 6.02. The van der Waals surface area contributed by atoms with Crippen molar-refractivity contribution in [2.24, 2.45) is 10.7 Å². The van der Waals surface area contributed by atoms with Gasteiger partial charge < -0.3 is 10.5 Å². The first-order valence-electron chi connectivity index (χ1n) is 6.91. The third-order valence-corrected chi connectivity index (χ3v) is 5.31. The van der Waals surface area contributed by atoms with Gasteiger partial charge in [0.1, 0.15) is 12.1 Å². The van der Waals surface area contributed by atoms with Crippen LogP contribution in [0.3, 0.4) is 0 Å². The van der Waals surface area contributed by atoms with E-state index in [4.69, 9.17) is 10.5 Å². The van der Waals surface area contributed by atoms with Crippen LogP contribution in [0.1, 0.15) is 18.1 Å². The van der Waals surface area contributed by atoms with Crippen LogP contribution in [0.2, 0.25) is 0 Å². The van der Waals surface area contributed by atoms with Crippen LogP contribution in [-0.4, -0.2) is 39.4 Å². The Bertz CT molecular complexity index is 714. The van der Waals surface area contributed by atoms with Crippen molar-refractivity contribution in [1.82, 2.24) is 0 Å². The maximum atomic E-state index is 11.8. The maximum absolute atomic E-state index is 11.8. The second kappa shape index (κ2) is 4.62. The quantitative estimate of drug-likeness (QED) is 0.888. The average Bonchev–Trinajstić information content (AvgIpc) is 2.90. The third-order valence-electron chi connectivity index (χ3n) is 4.04. The summed E-state index contributed by atoms with van der Waals surface area (Å²) >= 11 is 0. The van der Waals surface area contributed by atoms with Crippen LogP contribution >= 0.6 is 0 Å². The molecule has 2 N–H and O–H groups in total. The molecule has 3 rings (SSSR count). The summed E-state index contributed by atoms with van der Waals surface area (Å²) in [4.78, 5) is 4.42. The van der Waals surface area contributed by atoms with Crippen molar-refractivity contribution in [1.29, 1.82) is 0 Å². The van der Waals surface area contributed by atoms with E-state index in [1.165, 1.54) is 16.1 Å². The minimum Gasteiger partial charge on any atom is -0.463 e. The number of hydrogen-bond acceptors (Lipinski definition) is 5. The Hall–Kier alpha value is -1.76. The molecule has 6 nitrogen and oxygen atoms in total. The lowest BCUT2D eigenvalue weighted by atomic mass is 9.99. The van der Waals surface area contributed by atoms with Gasteiger partial charge in [-0.2, -0.15) is 0 Å². The standard InChI is InChI=1S/C14H19N3O3S/c1-3-17(21(2,18)19)12-5-4-10-7-14(8-11(10)6-12)9-20-13(15)16-14/h4-6H,3,7-9H2,1-2H3,(H2,15,16). The molecule has 0 radical (unpaired) electrons. The van der Waals surface area contributed by atoms with Crippen molar-refractivity contribution >= 4 is 21.7 Å². The van der Waals surface area contributed by atoms with Crippen molar-refractivity contribution in [3.63, 3.8) is 0 Å². The van der Waals surface area contributed by atoms with E-state index >= 15 is 0 Å². The second-order valence-corrected chi connectivity index (χ2v) is 7.60. The first-order chi connectivity index (χ1) is 9.83. The molecule has 2 aliphatic rings. The Morgan fingerprint density at radius 2 is 2.10 bits per heavy atom. The predicted octanol–water partition coefficient (Wildman–Crippen LogP) is 0.655. The van der Waals surface area contributed by atoms with Crippen LogP contribution in [0.4, 0.5) is 5.69 Å². The fraction of sp³-hybridized carbons (Fsp3) is 0.500. The number of nitrogens with two attached hydrogens (primary N) is 1. The van der Waals surface area contributed by atoms with Crippen molar-refractivity contribution < 1.29 is 13.2 Å². The molecular weight excluding hydrogens is 290 g/mol. The lowest BCUT2D eigenvalue weighted by molar-refractivity contribution is 0.258. The molecule has 1 aliphatic heterocycles. The van der Waals surface area contributed by atoms with Gasteiger partial charge in [-0.15, -0.1) is 0 Å². The number of aliphatic imine (C=N–C) groups is 1. The Kier molecular flexibility index (Phi) is 3.12. The number of fused-ring (bicyclic) bond motifs is 1. The summed E-state index contributed by atoms with van der Waals surface area (Å²) in [7, 11) is -3.26. The lowest BCUT2D eigenvalue weighted by Gasteiger charge is -2.21. The molecule has 0 amide bonds. The van der Waals surface area contributed by atoms with Gasteiger partial charge in [0.25, 0.3) is 6.02 Å². The van der Waals surface area contributed by atoms with Gasteiger partial charge in [0.05, 0.1) is 11.9 Å². The highest BCUT2D eigenvalue weighted by molar-refractivity contribution is 7.92. The first kappa shape index (κ1) is 14.2. The normalized spacial score (nSPS) is 23.8. The zero-order valence-corrected chi connectivity index (χ0v) is 13.0. The minimum atomic E-state index is -3.26. The molecule has 0 saturated carbocycles. The summed E-state index contributed by atoms with van der Waals surface area (Å²) in [5.74, 6) is 0. The zero-order valence-electron chi connectivity index (χ0n) is 12.2. The van der Waals surface area contributed by atoms with E-state index < -0.39 is 10.0 Å². The topological polar surface area (TPSA) is 85.0 Å². The highest BCUT2D eigenvalue weighted by Gasteiger charge is 2.42. The van der Waals surface area contributed by atoms with E-state index in [2.05, 4.69) is 4.99 Å². The predicted molar refractivity (Wildman–Crippen MR) is 82.0 cm³/mol. The number of sulfonamides is 1. The monoisotopic (exact) mass is 309 g/mol. The van der Waals surface area contributed by atoms with Gasteiger partial charge in [-0.1, -0.05) is 6.07 Å². The highest BCUT2D eigenvalue weighted by atomic mass is 32.2. The SMILES string of the molecule is CCN(c1ccc2c(c1)CC1(COC(N)=N1)C2)S(C)(=O)=O. The Labute approximate surface area is 124 Å². The van der Waals surface area contributed by atoms with Crippen LogP contribution < -0.4 is 10.0 Å². The van der Waals surface area contributed by atoms with E-state index in [-0.39, 0.29) is 11.6 Å². The van der Waals surface area contributed by atoms with Crippen molar-refractivity contribution in [3.05, 3.63) is 29.3 Å².